The quantitative estimate of drug-likeness (QED) is 0.630. The Kier molecular flexibility index (Phi) is 4.94. The molecule has 9 nitrogen and oxygen atoms in total. The van der Waals surface area contributed by atoms with Gasteiger partial charge in [-0.05, 0) is 12.1 Å². The van der Waals surface area contributed by atoms with Crippen LogP contribution in [0.4, 0.5) is 10.8 Å². The van der Waals surface area contributed by atoms with E-state index in [1.165, 1.54) is 17.4 Å². The van der Waals surface area contributed by atoms with E-state index in [4.69, 9.17) is 0 Å². The number of nitro benzene ring substituents is 1. The normalized spacial score (nSPS) is 11.5. The fourth-order valence-corrected chi connectivity index (χ4v) is 3.37. The van der Waals surface area contributed by atoms with Crippen molar-refractivity contribution in [2.24, 2.45) is 0 Å². The van der Waals surface area contributed by atoms with E-state index < -0.39 is 31.3 Å². The largest absolute Gasteiger partial charge is 0.296 e. The van der Waals surface area contributed by atoms with Gasteiger partial charge in [0.25, 0.3) is 11.6 Å². The first-order valence-corrected chi connectivity index (χ1v) is 9.43. The summed E-state index contributed by atoms with van der Waals surface area (Å²) in [6, 6.07) is 3.18. The number of hydrogen-bond donors (Lipinski definition) is 1. The molecular weight excluding hydrogens is 356 g/mol. The number of rotatable bonds is 5. The molecule has 2 rings (SSSR count). The molecule has 0 bridgehead atoms. The van der Waals surface area contributed by atoms with E-state index in [-0.39, 0.29) is 16.6 Å². The minimum absolute atomic E-state index is 0.0459. The summed E-state index contributed by atoms with van der Waals surface area (Å²) >= 11 is 1.20. The van der Waals surface area contributed by atoms with Gasteiger partial charge in [0.15, 0.2) is 9.84 Å². The lowest BCUT2D eigenvalue weighted by molar-refractivity contribution is -0.387. The molecule has 0 aliphatic heterocycles. The van der Waals surface area contributed by atoms with Crippen LogP contribution >= 0.6 is 11.3 Å². The summed E-state index contributed by atoms with van der Waals surface area (Å²) in [5.74, 6) is -0.479. The summed E-state index contributed by atoms with van der Waals surface area (Å²) in [6.07, 6.45) is 0.865. The molecule has 24 heavy (non-hydrogen) atoms. The van der Waals surface area contributed by atoms with Crippen molar-refractivity contribution >= 4 is 37.9 Å². The maximum atomic E-state index is 12.2. The van der Waals surface area contributed by atoms with Crippen LogP contribution in [0.25, 0.3) is 0 Å². The third-order valence-corrected chi connectivity index (χ3v) is 5.26. The van der Waals surface area contributed by atoms with Gasteiger partial charge in [0.1, 0.15) is 9.90 Å². The Morgan fingerprint density at radius 1 is 1.33 bits per heavy atom. The van der Waals surface area contributed by atoms with Crippen molar-refractivity contribution in [1.82, 2.24) is 10.2 Å². The summed E-state index contributed by atoms with van der Waals surface area (Å²) in [7, 11) is -3.78. The molecule has 0 atom stereocenters. The van der Waals surface area contributed by atoms with Crippen LogP contribution in [0.1, 0.15) is 35.1 Å². The molecule has 11 heteroatoms. The van der Waals surface area contributed by atoms with Gasteiger partial charge in [-0.2, -0.15) is 0 Å². The maximum Gasteiger partial charge on any atom is 0.288 e. The van der Waals surface area contributed by atoms with Crippen molar-refractivity contribution in [2.45, 2.75) is 24.7 Å². The molecule has 1 aromatic heterocycles. The highest BCUT2D eigenvalue weighted by atomic mass is 32.2. The van der Waals surface area contributed by atoms with Crippen molar-refractivity contribution in [2.75, 3.05) is 11.6 Å². The number of nitrogens with zero attached hydrogens (tertiary/aromatic N) is 3. The lowest BCUT2D eigenvalue weighted by Gasteiger charge is -2.04. The summed E-state index contributed by atoms with van der Waals surface area (Å²) in [4.78, 5) is 22.0. The van der Waals surface area contributed by atoms with Crippen LogP contribution in [0.5, 0.6) is 0 Å². The SMILES string of the molecule is CC(C)c1nnc(NC(=O)c2ccc(S(C)(=O)=O)c([N+](=O)[O-])c2)s1. The van der Waals surface area contributed by atoms with Gasteiger partial charge in [-0.25, -0.2) is 8.42 Å². The van der Waals surface area contributed by atoms with Crippen molar-refractivity contribution in [3.05, 3.63) is 38.9 Å². The summed E-state index contributed by atoms with van der Waals surface area (Å²) < 4.78 is 23.2. The lowest BCUT2D eigenvalue weighted by atomic mass is 10.2. The molecule has 1 heterocycles. The molecule has 0 spiro atoms. The van der Waals surface area contributed by atoms with Crippen molar-refractivity contribution in [3.8, 4) is 0 Å². The average Bonchev–Trinajstić information content (AvgIpc) is 2.94. The van der Waals surface area contributed by atoms with Gasteiger partial charge in [0.05, 0.1) is 4.92 Å². The van der Waals surface area contributed by atoms with Gasteiger partial charge in [-0.1, -0.05) is 25.2 Å². The Labute approximate surface area is 141 Å². The Hall–Kier alpha value is -2.40. The minimum Gasteiger partial charge on any atom is -0.296 e. The molecule has 1 N–H and O–H groups in total. The van der Waals surface area contributed by atoms with Crippen LogP contribution in [0, 0.1) is 10.1 Å². The zero-order valence-electron chi connectivity index (χ0n) is 13.0. The molecule has 0 saturated carbocycles. The third-order valence-electron chi connectivity index (χ3n) is 2.97. The lowest BCUT2D eigenvalue weighted by Crippen LogP contribution is -2.13. The molecule has 1 aromatic carbocycles. The highest BCUT2D eigenvalue weighted by molar-refractivity contribution is 7.90. The van der Waals surface area contributed by atoms with E-state index in [1.54, 1.807) is 0 Å². The number of amides is 1. The van der Waals surface area contributed by atoms with Crippen LogP contribution < -0.4 is 5.32 Å². The Balaban J connectivity index is 2.32. The topological polar surface area (TPSA) is 132 Å². The fourth-order valence-electron chi connectivity index (χ4n) is 1.80. The first-order valence-electron chi connectivity index (χ1n) is 6.73. The summed E-state index contributed by atoms with van der Waals surface area (Å²) in [5, 5.41) is 22.3. The summed E-state index contributed by atoms with van der Waals surface area (Å²) in [6.45, 7) is 3.86. The molecule has 128 valence electrons. The number of carbonyl (C=O) groups is 1. The second-order valence-electron chi connectivity index (χ2n) is 5.27. The zero-order valence-corrected chi connectivity index (χ0v) is 14.6. The van der Waals surface area contributed by atoms with E-state index in [0.29, 0.717) is 0 Å². The number of nitrogens with one attached hydrogen (secondary N) is 1. The highest BCUT2D eigenvalue weighted by Crippen LogP contribution is 2.26. The van der Waals surface area contributed by atoms with Gasteiger partial charge >= 0.3 is 0 Å². The van der Waals surface area contributed by atoms with Crippen LogP contribution in [-0.4, -0.2) is 35.7 Å². The highest BCUT2D eigenvalue weighted by Gasteiger charge is 2.24. The number of nitro groups is 1. The molecule has 0 saturated heterocycles. The molecule has 0 aliphatic carbocycles. The van der Waals surface area contributed by atoms with Gasteiger partial charge < -0.3 is 0 Å². The second kappa shape index (κ2) is 6.61. The van der Waals surface area contributed by atoms with Gasteiger partial charge in [0.2, 0.25) is 5.13 Å². The van der Waals surface area contributed by atoms with Gasteiger partial charge in [-0.15, -0.1) is 10.2 Å². The molecule has 0 radical (unpaired) electrons. The average molecular weight is 370 g/mol. The number of hydrogen-bond acceptors (Lipinski definition) is 8. The van der Waals surface area contributed by atoms with E-state index >= 15 is 0 Å². The number of benzene rings is 1. The standard InChI is InChI=1S/C13H14N4O5S2/c1-7(2)12-15-16-13(23-12)14-11(18)8-4-5-10(24(3,21)22)9(6-8)17(19)20/h4-7H,1-3H3,(H,14,16,18). The molecule has 0 fully saturated rings. The predicted molar refractivity (Wildman–Crippen MR) is 88.2 cm³/mol. The Morgan fingerprint density at radius 2 is 2.00 bits per heavy atom. The van der Waals surface area contributed by atoms with Crippen LogP contribution in [0.15, 0.2) is 23.1 Å². The number of anilines is 1. The number of aromatic nitrogens is 2. The maximum absolute atomic E-state index is 12.2. The first kappa shape index (κ1) is 17.9. The van der Waals surface area contributed by atoms with E-state index in [0.717, 1.165) is 23.4 Å². The molecule has 2 aromatic rings. The molecule has 0 aliphatic rings. The fraction of sp³-hybridized carbons (Fsp3) is 0.308. The monoisotopic (exact) mass is 370 g/mol. The number of sulfone groups is 1. The van der Waals surface area contributed by atoms with Crippen molar-refractivity contribution in [3.63, 3.8) is 0 Å². The van der Waals surface area contributed by atoms with Crippen molar-refractivity contribution < 1.29 is 18.1 Å². The second-order valence-corrected chi connectivity index (χ2v) is 8.26. The third kappa shape index (κ3) is 3.92. The van der Waals surface area contributed by atoms with E-state index in [9.17, 15) is 23.3 Å². The zero-order chi connectivity index (χ0) is 18.1. The molecule has 0 unspecified atom stereocenters. The van der Waals surface area contributed by atoms with E-state index in [2.05, 4.69) is 15.5 Å². The Morgan fingerprint density at radius 3 is 2.50 bits per heavy atom. The van der Waals surface area contributed by atoms with E-state index in [1.807, 2.05) is 13.8 Å². The van der Waals surface area contributed by atoms with Crippen molar-refractivity contribution in [1.29, 1.82) is 0 Å². The van der Waals surface area contributed by atoms with Crippen LogP contribution in [0.3, 0.4) is 0 Å². The van der Waals surface area contributed by atoms with Crippen LogP contribution in [0.2, 0.25) is 0 Å². The van der Waals surface area contributed by atoms with Crippen LogP contribution in [-0.2, 0) is 9.84 Å². The van der Waals surface area contributed by atoms with Gasteiger partial charge in [-0.3, -0.25) is 20.2 Å². The predicted octanol–water partition coefficient (Wildman–Crippen LogP) is 2.23. The molecule has 1 amide bonds. The first-order chi connectivity index (χ1) is 11.1. The Bertz CT molecular complexity index is 905. The van der Waals surface area contributed by atoms with Gasteiger partial charge in [0, 0.05) is 23.8 Å². The number of carbonyl (C=O) groups excluding carboxylic acids is 1. The summed E-state index contributed by atoms with van der Waals surface area (Å²) in [5.41, 5.74) is -0.694. The molecular formula is C13H14N4O5S2. The smallest absolute Gasteiger partial charge is 0.288 e. The minimum atomic E-state index is -3.78.